The van der Waals surface area contributed by atoms with Crippen LogP contribution in [0, 0.1) is 0 Å². The fourth-order valence-electron chi connectivity index (χ4n) is 1.81. The highest BCUT2D eigenvalue weighted by molar-refractivity contribution is 9.10. The second-order valence-corrected chi connectivity index (χ2v) is 5.79. The van der Waals surface area contributed by atoms with Crippen LogP contribution in [-0.4, -0.2) is 24.8 Å². The summed E-state index contributed by atoms with van der Waals surface area (Å²) in [4.78, 5) is 13.5. The van der Waals surface area contributed by atoms with Crippen molar-refractivity contribution >= 4 is 51.8 Å². The Morgan fingerprint density at radius 1 is 1.59 bits per heavy atom. The Balaban J connectivity index is 2.44. The molecule has 1 amide bonds. The van der Waals surface area contributed by atoms with E-state index in [1.165, 1.54) is 0 Å². The third-order valence-electron chi connectivity index (χ3n) is 2.62. The largest absolute Gasteiger partial charge is 0.495 e. The molecule has 0 bridgehead atoms. The first-order valence-electron chi connectivity index (χ1n) is 5.04. The summed E-state index contributed by atoms with van der Waals surface area (Å²) in [5.74, 6) is 0.666. The van der Waals surface area contributed by atoms with Gasteiger partial charge >= 0.3 is 0 Å². The van der Waals surface area contributed by atoms with Crippen molar-refractivity contribution in [2.45, 2.75) is 11.7 Å². The number of benzene rings is 1. The number of hydrogen-bond donors (Lipinski definition) is 1. The molecule has 0 saturated carbocycles. The third-order valence-corrected chi connectivity index (χ3v) is 4.16. The van der Waals surface area contributed by atoms with Crippen LogP contribution in [0.25, 0.3) is 0 Å². The highest BCUT2D eigenvalue weighted by atomic mass is 79.9. The number of thiol groups is 1. The third kappa shape index (κ3) is 2.56. The molecule has 1 saturated heterocycles. The van der Waals surface area contributed by atoms with Crippen LogP contribution >= 0.6 is 40.2 Å². The number of amides is 1. The highest BCUT2D eigenvalue weighted by Gasteiger charge is 2.30. The summed E-state index contributed by atoms with van der Waals surface area (Å²) in [7, 11) is 1.57. The number of nitrogens with zero attached hydrogens (tertiary/aromatic N) is 1. The van der Waals surface area contributed by atoms with Gasteiger partial charge in [-0.15, -0.1) is 0 Å². The zero-order valence-corrected chi connectivity index (χ0v) is 12.3. The summed E-state index contributed by atoms with van der Waals surface area (Å²) in [5.41, 5.74) is 0.697. The smallest absolute Gasteiger partial charge is 0.228 e. The number of rotatable bonds is 2. The number of carbonyl (C=O) groups excluding carboxylic acids is 1. The molecule has 17 heavy (non-hydrogen) atoms. The molecule has 0 aromatic heterocycles. The van der Waals surface area contributed by atoms with Crippen molar-refractivity contribution < 1.29 is 9.53 Å². The van der Waals surface area contributed by atoms with Gasteiger partial charge in [-0.2, -0.15) is 12.6 Å². The first-order valence-corrected chi connectivity index (χ1v) is 6.73. The van der Waals surface area contributed by atoms with Crippen molar-refractivity contribution in [1.29, 1.82) is 0 Å². The van der Waals surface area contributed by atoms with Gasteiger partial charge in [0.1, 0.15) is 5.75 Å². The maximum atomic E-state index is 11.8. The van der Waals surface area contributed by atoms with E-state index in [2.05, 4.69) is 28.6 Å². The Bertz CT molecular complexity index is 469. The highest BCUT2D eigenvalue weighted by Crippen LogP contribution is 2.38. The molecule has 1 heterocycles. The lowest BCUT2D eigenvalue weighted by Gasteiger charge is -2.20. The molecule has 0 aliphatic carbocycles. The molecule has 3 nitrogen and oxygen atoms in total. The lowest BCUT2D eigenvalue weighted by molar-refractivity contribution is -0.117. The van der Waals surface area contributed by atoms with Gasteiger partial charge in [-0.05, 0) is 28.1 Å². The second kappa shape index (κ2) is 5.08. The maximum absolute atomic E-state index is 11.8. The SMILES string of the molecule is COc1cc(Br)c(Cl)cc1N1CC(S)CC1=O. The van der Waals surface area contributed by atoms with E-state index >= 15 is 0 Å². The number of ether oxygens (including phenoxy) is 1. The van der Waals surface area contributed by atoms with Gasteiger partial charge in [-0.25, -0.2) is 0 Å². The maximum Gasteiger partial charge on any atom is 0.228 e. The quantitative estimate of drug-likeness (QED) is 0.841. The van der Waals surface area contributed by atoms with Gasteiger partial charge in [0.2, 0.25) is 5.91 Å². The number of halogens is 2. The van der Waals surface area contributed by atoms with E-state index in [-0.39, 0.29) is 11.2 Å². The minimum atomic E-state index is 0.0432. The van der Waals surface area contributed by atoms with Crippen LogP contribution in [0.3, 0.4) is 0 Å². The topological polar surface area (TPSA) is 29.5 Å². The molecule has 1 fully saturated rings. The predicted molar refractivity (Wildman–Crippen MR) is 75.4 cm³/mol. The predicted octanol–water partition coefficient (Wildman–Crippen LogP) is 3.15. The number of methoxy groups -OCH3 is 1. The molecular formula is C11H11BrClNO2S. The van der Waals surface area contributed by atoms with E-state index < -0.39 is 0 Å². The van der Waals surface area contributed by atoms with Gasteiger partial charge in [0, 0.05) is 22.7 Å². The van der Waals surface area contributed by atoms with Gasteiger partial charge in [0.15, 0.2) is 0 Å². The van der Waals surface area contributed by atoms with Crippen molar-refractivity contribution in [3.63, 3.8) is 0 Å². The molecule has 1 aromatic carbocycles. The van der Waals surface area contributed by atoms with Crippen LogP contribution in [0.1, 0.15) is 6.42 Å². The lowest BCUT2D eigenvalue weighted by atomic mass is 10.2. The average Bonchev–Trinajstić information content (AvgIpc) is 2.61. The number of hydrogen-bond acceptors (Lipinski definition) is 3. The van der Waals surface area contributed by atoms with Gasteiger partial charge in [0.25, 0.3) is 0 Å². The minimum Gasteiger partial charge on any atom is -0.495 e. The van der Waals surface area contributed by atoms with Gasteiger partial charge in [0.05, 0.1) is 17.8 Å². The molecule has 1 unspecified atom stereocenters. The Kier molecular flexibility index (Phi) is 3.90. The van der Waals surface area contributed by atoms with Crippen molar-refractivity contribution in [2.24, 2.45) is 0 Å². The number of anilines is 1. The first kappa shape index (κ1) is 13.1. The van der Waals surface area contributed by atoms with Crippen LogP contribution in [0.2, 0.25) is 5.02 Å². The molecule has 0 radical (unpaired) electrons. The molecule has 1 aliphatic rings. The van der Waals surface area contributed by atoms with Crippen molar-refractivity contribution in [3.8, 4) is 5.75 Å². The molecule has 1 aromatic rings. The zero-order valence-electron chi connectivity index (χ0n) is 9.11. The summed E-state index contributed by atoms with van der Waals surface area (Å²) in [6, 6.07) is 3.49. The fraction of sp³-hybridized carbons (Fsp3) is 0.364. The summed E-state index contributed by atoms with van der Waals surface area (Å²) in [5, 5.41) is 0.617. The van der Waals surface area contributed by atoms with Crippen LogP contribution in [0.15, 0.2) is 16.6 Å². The monoisotopic (exact) mass is 335 g/mol. The molecule has 2 rings (SSSR count). The van der Waals surface area contributed by atoms with Gasteiger partial charge < -0.3 is 9.64 Å². The Hall–Kier alpha value is -0.390. The standard InChI is InChI=1S/C11H11BrClNO2S/c1-16-10-3-7(12)8(13)4-9(10)14-5-6(17)2-11(14)15/h3-4,6,17H,2,5H2,1H3. The summed E-state index contributed by atoms with van der Waals surface area (Å²) in [6.07, 6.45) is 0.444. The number of carbonyl (C=O) groups is 1. The normalized spacial score (nSPS) is 19.9. The molecule has 0 N–H and O–H groups in total. The van der Waals surface area contributed by atoms with Crippen LogP contribution in [0.5, 0.6) is 5.75 Å². The zero-order chi connectivity index (χ0) is 12.6. The molecule has 0 spiro atoms. The minimum absolute atomic E-state index is 0.0432. The Morgan fingerprint density at radius 2 is 2.29 bits per heavy atom. The molecule has 92 valence electrons. The van der Waals surface area contributed by atoms with E-state index in [9.17, 15) is 4.79 Å². The average molecular weight is 337 g/mol. The van der Waals surface area contributed by atoms with E-state index in [1.54, 1.807) is 24.1 Å². The first-order chi connectivity index (χ1) is 8.02. The Labute approximate surface area is 119 Å². The van der Waals surface area contributed by atoms with Crippen molar-refractivity contribution in [3.05, 3.63) is 21.6 Å². The molecule has 6 heteroatoms. The second-order valence-electron chi connectivity index (χ2n) is 3.80. The summed E-state index contributed by atoms with van der Waals surface area (Å²) < 4.78 is 6.01. The van der Waals surface area contributed by atoms with Crippen LogP contribution in [0.4, 0.5) is 5.69 Å². The van der Waals surface area contributed by atoms with Crippen molar-refractivity contribution in [2.75, 3.05) is 18.6 Å². The Morgan fingerprint density at radius 3 is 2.82 bits per heavy atom. The van der Waals surface area contributed by atoms with Gasteiger partial charge in [-0.1, -0.05) is 11.6 Å². The fourth-order valence-corrected chi connectivity index (χ4v) is 2.61. The molecule has 1 aliphatic heterocycles. The van der Waals surface area contributed by atoms with Crippen molar-refractivity contribution in [1.82, 2.24) is 0 Å². The van der Waals surface area contributed by atoms with E-state index in [4.69, 9.17) is 16.3 Å². The summed E-state index contributed by atoms with van der Waals surface area (Å²) >= 11 is 13.7. The van der Waals surface area contributed by atoms with E-state index in [1.807, 2.05) is 0 Å². The van der Waals surface area contributed by atoms with Crippen LogP contribution < -0.4 is 9.64 Å². The molecule has 1 atom stereocenters. The van der Waals surface area contributed by atoms with Gasteiger partial charge in [-0.3, -0.25) is 4.79 Å². The van der Waals surface area contributed by atoms with E-state index in [0.717, 1.165) is 4.47 Å². The summed E-state index contributed by atoms with van der Waals surface area (Å²) in [6.45, 7) is 0.580. The van der Waals surface area contributed by atoms with E-state index in [0.29, 0.717) is 29.4 Å². The molecular weight excluding hydrogens is 326 g/mol. The van der Waals surface area contributed by atoms with Crippen LogP contribution in [-0.2, 0) is 4.79 Å². The lowest BCUT2D eigenvalue weighted by Crippen LogP contribution is -2.25.